The molecule has 0 radical (unpaired) electrons. The van der Waals surface area contributed by atoms with E-state index in [0.717, 1.165) is 30.8 Å². The maximum atomic E-state index is 5.75. The van der Waals surface area contributed by atoms with Gasteiger partial charge in [-0.25, -0.2) is 4.98 Å². The zero-order valence-electron chi connectivity index (χ0n) is 11.1. The Labute approximate surface area is 112 Å². The lowest BCUT2D eigenvalue weighted by atomic mass is 10.2. The summed E-state index contributed by atoms with van der Waals surface area (Å²) in [5.74, 6) is 0. The molecular formula is C13H21N3OS. The molecule has 2 aliphatic rings. The third-order valence-corrected chi connectivity index (χ3v) is 4.33. The molecule has 3 rings (SSSR count). The number of anilines is 1. The first-order chi connectivity index (χ1) is 8.70. The minimum absolute atomic E-state index is 0.297. The molecular weight excluding hydrogens is 246 g/mol. The molecule has 0 bridgehead atoms. The summed E-state index contributed by atoms with van der Waals surface area (Å²) in [6.45, 7) is 7.08. The molecule has 100 valence electrons. The van der Waals surface area contributed by atoms with E-state index in [1.54, 1.807) is 11.3 Å². The zero-order chi connectivity index (χ0) is 12.5. The van der Waals surface area contributed by atoms with Gasteiger partial charge in [-0.05, 0) is 26.7 Å². The summed E-state index contributed by atoms with van der Waals surface area (Å²) >= 11 is 1.75. The molecule has 2 heterocycles. The quantitative estimate of drug-likeness (QED) is 0.905. The molecule has 1 aliphatic carbocycles. The van der Waals surface area contributed by atoms with Crippen molar-refractivity contribution < 1.29 is 4.74 Å². The first kappa shape index (κ1) is 12.4. The van der Waals surface area contributed by atoms with Crippen molar-refractivity contribution in [3.63, 3.8) is 0 Å². The molecule has 2 fully saturated rings. The average molecular weight is 267 g/mol. The Morgan fingerprint density at radius 2 is 2.11 bits per heavy atom. The Balaban J connectivity index is 1.60. The number of ether oxygens (including phenoxy) is 1. The average Bonchev–Trinajstić information content (AvgIpc) is 3.02. The highest BCUT2D eigenvalue weighted by Crippen LogP contribution is 2.25. The molecule has 1 saturated carbocycles. The second kappa shape index (κ2) is 5.15. The maximum absolute atomic E-state index is 5.75. The van der Waals surface area contributed by atoms with Crippen LogP contribution in [0.3, 0.4) is 0 Å². The van der Waals surface area contributed by atoms with Crippen LogP contribution in [-0.2, 0) is 11.3 Å². The van der Waals surface area contributed by atoms with Gasteiger partial charge in [-0.15, -0.1) is 11.3 Å². The van der Waals surface area contributed by atoms with Crippen LogP contribution in [-0.4, -0.2) is 36.3 Å². The number of hydrogen-bond acceptors (Lipinski definition) is 5. The standard InChI is InChI=1S/C13H21N3OS/c1-9-6-16(7-10(2)17-9)13-15-12(8-18-13)5-14-11-3-4-11/h8-11,14H,3-7H2,1-2H3/t9-,10+. The number of morpholine rings is 1. The molecule has 0 spiro atoms. The van der Waals surface area contributed by atoms with Crippen molar-refractivity contribution >= 4 is 16.5 Å². The number of nitrogens with zero attached hydrogens (tertiary/aromatic N) is 2. The van der Waals surface area contributed by atoms with E-state index in [1.807, 2.05) is 0 Å². The smallest absolute Gasteiger partial charge is 0.185 e. The van der Waals surface area contributed by atoms with E-state index in [0.29, 0.717) is 12.2 Å². The summed E-state index contributed by atoms with van der Waals surface area (Å²) in [6.07, 6.45) is 3.25. The van der Waals surface area contributed by atoms with Gasteiger partial charge >= 0.3 is 0 Å². The van der Waals surface area contributed by atoms with E-state index in [2.05, 4.69) is 29.4 Å². The Bertz CT molecular complexity index is 395. The highest BCUT2D eigenvalue weighted by atomic mass is 32.1. The minimum Gasteiger partial charge on any atom is -0.372 e. The summed E-state index contributed by atoms with van der Waals surface area (Å²) < 4.78 is 5.75. The summed E-state index contributed by atoms with van der Waals surface area (Å²) in [4.78, 5) is 7.08. The number of thiazole rings is 1. The van der Waals surface area contributed by atoms with Gasteiger partial charge in [-0.3, -0.25) is 0 Å². The molecule has 1 aromatic rings. The third-order valence-electron chi connectivity index (χ3n) is 3.38. The normalized spacial score (nSPS) is 28.7. The minimum atomic E-state index is 0.297. The third kappa shape index (κ3) is 3.02. The van der Waals surface area contributed by atoms with E-state index in [-0.39, 0.29) is 0 Å². The van der Waals surface area contributed by atoms with Crippen LogP contribution < -0.4 is 10.2 Å². The predicted molar refractivity (Wildman–Crippen MR) is 74.2 cm³/mol. The molecule has 2 atom stereocenters. The predicted octanol–water partition coefficient (Wildman–Crippen LogP) is 2.01. The molecule has 1 saturated heterocycles. The molecule has 4 nitrogen and oxygen atoms in total. The molecule has 1 aromatic heterocycles. The molecule has 1 aliphatic heterocycles. The van der Waals surface area contributed by atoms with Gasteiger partial charge in [-0.2, -0.15) is 0 Å². The van der Waals surface area contributed by atoms with Crippen molar-refractivity contribution in [1.82, 2.24) is 10.3 Å². The van der Waals surface area contributed by atoms with Gasteiger partial charge < -0.3 is 15.0 Å². The van der Waals surface area contributed by atoms with Gasteiger partial charge in [0.1, 0.15) is 0 Å². The SMILES string of the molecule is C[C@@H]1CN(c2nc(CNC3CC3)cs2)C[C@H](C)O1. The maximum Gasteiger partial charge on any atom is 0.185 e. The van der Waals surface area contributed by atoms with Crippen molar-refractivity contribution in [3.05, 3.63) is 11.1 Å². The van der Waals surface area contributed by atoms with E-state index in [9.17, 15) is 0 Å². The van der Waals surface area contributed by atoms with Crippen molar-refractivity contribution in [2.24, 2.45) is 0 Å². The van der Waals surface area contributed by atoms with Gasteiger partial charge in [0.25, 0.3) is 0 Å². The fourth-order valence-electron chi connectivity index (χ4n) is 2.39. The highest BCUT2D eigenvalue weighted by molar-refractivity contribution is 7.13. The zero-order valence-corrected chi connectivity index (χ0v) is 11.9. The molecule has 5 heteroatoms. The van der Waals surface area contributed by atoms with Crippen LogP contribution in [0.2, 0.25) is 0 Å². The van der Waals surface area contributed by atoms with Crippen LogP contribution in [0.25, 0.3) is 0 Å². The summed E-state index contributed by atoms with van der Waals surface area (Å²) in [7, 11) is 0. The van der Waals surface area contributed by atoms with Crippen LogP contribution in [0.5, 0.6) is 0 Å². The van der Waals surface area contributed by atoms with E-state index < -0.39 is 0 Å². The van der Waals surface area contributed by atoms with Crippen molar-refractivity contribution in [2.45, 2.75) is 51.5 Å². The largest absolute Gasteiger partial charge is 0.372 e. The Hall–Kier alpha value is -0.650. The molecule has 0 unspecified atom stereocenters. The van der Waals surface area contributed by atoms with Gasteiger partial charge in [0.2, 0.25) is 0 Å². The van der Waals surface area contributed by atoms with Crippen molar-refractivity contribution in [1.29, 1.82) is 0 Å². The Kier molecular flexibility index (Phi) is 3.54. The lowest BCUT2D eigenvalue weighted by Gasteiger charge is -2.35. The topological polar surface area (TPSA) is 37.4 Å². The fourth-order valence-corrected chi connectivity index (χ4v) is 3.24. The Morgan fingerprint density at radius 3 is 2.78 bits per heavy atom. The Morgan fingerprint density at radius 1 is 1.39 bits per heavy atom. The van der Waals surface area contributed by atoms with Crippen LogP contribution in [0.1, 0.15) is 32.4 Å². The van der Waals surface area contributed by atoms with E-state index in [4.69, 9.17) is 9.72 Å². The monoisotopic (exact) mass is 267 g/mol. The summed E-state index contributed by atoms with van der Waals surface area (Å²) in [5.41, 5.74) is 1.17. The van der Waals surface area contributed by atoms with Crippen molar-refractivity contribution in [2.75, 3.05) is 18.0 Å². The molecule has 0 aromatic carbocycles. The summed E-state index contributed by atoms with van der Waals surface area (Å²) in [5, 5.41) is 6.83. The lowest BCUT2D eigenvalue weighted by Crippen LogP contribution is -2.45. The van der Waals surface area contributed by atoms with Crippen molar-refractivity contribution in [3.8, 4) is 0 Å². The summed E-state index contributed by atoms with van der Waals surface area (Å²) in [6, 6.07) is 0.749. The van der Waals surface area contributed by atoms with Gasteiger partial charge in [0.05, 0.1) is 17.9 Å². The fraction of sp³-hybridized carbons (Fsp3) is 0.769. The number of nitrogens with one attached hydrogen (secondary N) is 1. The van der Waals surface area contributed by atoms with Gasteiger partial charge in [0, 0.05) is 31.1 Å². The first-order valence-corrected chi connectivity index (χ1v) is 7.67. The van der Waals surface area contributed by atoms with Crippen LogP contribution in [0.4, 0.5) is 5.13 Å². The van der Waals surface area contributed by atoms with E-state index in [1.165, 1.54) is 18.5 Å². The first-order valence-electron chi connectivity index (χ1n) is 6.79. The van der Waals surface area contributed by atoms with Crippen LogP contribution in [0, 0.1) is 0 Å². The van der Waals surface area contributed by atoms with Crippen LogP contribution >= 0.6 is 11.3 Å². The lowest BCUT2D eigenvalue weighted by molar-refractivity contribution is -0.00523. The van der Waals surface area contributed by atoms with Gasteiger partial charge in [0.15, 0.2) is 5.13 Å². The highest BCUT2D eigenvalue weighted by Gasteiger charge is 2.24. The number of rotatable bonds is 4. The molecule has 1 N–H and O–H groups in total. The molecule has 0 amide bonds. The number of hydrogen-bond donors (Lipinski definition) is 1. The van der Waals surface area contributed by atoms with Gasteiger partial charge in [-0.1, -0.05) is 0 Å². The second-order valence-corrected chi connectivity index (χ2v) is 6.28. The molecule has 18 heavy (non-hydrogen) atoms. The number of aromatic nitrogens is 1. The van der Waals surface area contributed by atoms with E-state index >= 15 is 0 Å². The second-order valence-electron chi connectivity index (χ2n) is 5.44. The van der Waals surface area contributed by atoms with Crippen LogP contribution in [0.15, 0.2) is 5.38 Å².